The number of aromatic nitrogens is 2. The second kappa shape index (κ2) is 5.07. The Kier molecular flexibility index (Phi) is 3.16. The maximum Gasteiger partial charge on any atom is 0.248 e. The molecule has 1 aromatic carbocycles. The van der Waals surface area contributed by atoms with E-state index in [4.69, 9.17) is 4.74 Å². The van der Waals surface area contributed by atoms with Gasteiger partial charge in [-0.1, -0.05) is 12.1 Å². The predicted molar refractivity (Wildman–Crippen MR) is 82.3 cm³/mol. The third-order valence-electron chi connectivity index (χ3n) is 4.66. The van der Waals surface area contributed by atoms with E-state index in [-0.39, 0.29) is 18.1 Å². The molecule has 2 aliphatic heterocycles. The smallest absolute Gasteiger partial charge is 0.248 e. The quantitative estimate of drug-likeness (QED) is 0.899. The summed E-state index contributed by atoms with van der Waals surface area (Å²) >= 11 is 0. The van der Waals surface area contributed by atoms with Gasteiger partial charge in [-0.15, -0.1) is 0 Å². The van der Waals surface area contributed by atoms with Crippen molar-refractivity contribution in [3.8, 4) is 0 Å². The first-order chi connectivity index (χ1) is 10.6. The lowest BCUT2D eigenvalue weighted by molar-refractivity contribution is -0.159. The van der Waals surface area contributed by atoms with Crippen molar-refractivity contribution in [1.29, 1.82) is 0 Å². The van der Waals surface area contributed by atoms with Gasteiger partial charge >= 0.3 is 0 Å². The Bertz CT molecular complexity index is 680. The molecule has 1 spiro atoms. The van der Waals surface area contributed by atoms with Gasteiger partial charge in [0.05, 0.1) is 24.1 Å². The van der Waals surface area contributed by atoms with Gasteiger partial charge in [0.2, 0.25) is 5.91 Å². The summed E-state index contributed by atoms with van der Waals surface area (Å²) in [5, 5.41) is 0. The SMILES string of the molecule is CN1C[C@@]2(CCN(Cc3nc4ccccc4[nH]3)C2)OCC1=O. The van der Waals surface area contributed by atoms with Crippen LogP contribution in [0.5, 0.6) is 0 Å². The van der Waals surface area contributed by atoms with E-state index in [2.05, 4.69) is 14.9 Å². The zero-order chi connectivity index (χ0) is 15.2. The number of benzene rings is 1. The van der Waals surface area contributed by atoms with Crippen LogP contribution in [0.3, 0.4) is 0 Å². The molecule has 2 fully saturated rings. The first-order valence-corrected chi connectivity index (χ1v) is 7.67. The molecule has 1 atom stereocenters. The second-order valence-electron chi connectivity index (χ2n) is 6.38. The average molecular weight is 300 g/mol. The molecule has 0 bridgehead atoms. The van der Waals surface area contributed by atoms with Crippen LogP contribution in [0.15, 0.2) is 24.3 Å². The zero-order valence-corrected chi connectivity index (χ0v) is 12.7. The third-order valence-corrected chi connectivity index (χ3v) is 4.66. The molecule has 4 rings (SSSR count). The Morgan fingerprint density at radius 2 is 2.23 bits per heavy atom. The number of imidazole rings is 1. The molecule has 2 aliphatic rings. The molecular formula is C16H20N4O2. The Morgan fingerprint density at radius 1 is 1.36 bits per heavy atom. The molecule has 2 aromatic rings. The number of hydrogen-bond donors (Lipinski definition) is 1. The number of rotatable bonds is 2. The number of hydrogen-bond acceptors (Lipinski definition) is 4. The van der Waals surface area contributed by atoms with E-state index in [1.807, 2.05) is 31.3 Å². The molecule has 6 heteroatoms. The summed E-state index contributed by atoms with van der Waals surface area (Å²) in [5.74, 6) is 1.06. The van der Waals surface area contributed by atoms with E-state index in [0.29, 0.717) is 6.54 Å². The van der Waals surface area contributed by atoms with E-state index in [1.165, 1.54) is 0 Å². The fraction of sp³-hybridized carbons (Fsp3) is 0.500. The summed E-state index contributed by atoms with van der Waals surface area (Å²) in [7, 11) is 1.86. The molecular weight excluding hydrogens is 280 g/mol. The van der Waals surface area contributed by atoms with Crippen molar-refractivity contribution in [3.63, 3.8) is 0 Å². The van der Waals surface area contributed by atoms with Gasteiger partial charge in [0.15, 0.2) is 0 Å². The molecule has 3 heterocycles. The van der Waals surface area contributed by atoms with Crippen LogP contribution in [0.2, 0.25) is 0 Å². The maximum absolute atomic E-state index is 11.6. The number of fused-ring (bicyclic) bond motifs is 1. The van der Waals surface area contributed by atoms with Crippen LogP contribution in [0, 0.1) is 0 Å². The van der Waals surface area contributed by atoms with Crippen molar-refractivity contribution in [2.75, 3.05) is 33.3 Å². The summed E-state index contributed by atoms with van der Waals surface area (Å²) in [6, 6.07) is 8.08. The van der Waals surface area contributed by atoms with Gasteiger partial charge in [-0.3, -0.25) is 9.69 Å². The number of likely N-dealkylation sites (N-methyl/N-ethyl adjacent to an activating group) is 1. The lowest BCUT2D eigenvalue weighted by Gasteiger charge is -2.38. The van der Waals surface area contributed by atoms with Crippen LogP contribution in [-0.2, 0) is 16.1 Å². The summed E-state index contributed by atoms with van der Waals surface area (Å²) in [4.78, 5) is 23.7. The van der Waals surface area contributed by atoms with Crippen LogP contribution in [0.4, 0.5) is 0 Å². The summed E-state index contributed by atoms with van der Waals surface area (Å²) < 4.78 is 5.87. The number of carbonyl (C=O) groups excluding carboxylic acids is 1. The highest BCUT2D eigenvalue weighted by molar-refractivity contribution is 5.78. The highest BCUT2D eigenvalue weighted by Crippen LogP contribution is 2.30. The van der Waals surface area contributed by atoms with Crippen LogP contribution >= 0.6 is 0 Å². The van der Waals surface area contributed by atoms with E-state index in [0.717, 1.165) is 42.9 Å². The summed E-state index contributed by atoms with van der Waals surface area (Å²) in [6.07, 6.45) is 0.963. The molecule has 1 amide bonds. The van der Waals surface area contributed by atoms with Gasteiger partial charge in [-0.2, -0.15) is 0 Å². The number of H-pyrrole nitrogens is 1. The molecule has 22 heavy (non-hydrogen) atoms. The fourth-order valence-corrected chi connectivity index (χ4v) is 3.49. The molecule has 1 N–H and O–H groups in total. The number of likely N-dealkylation sites (tertiary alicyclic amines) is 1. The largest absolute Gasteiger partial charge is 0.362 e. The molecule has 0 unspecified atom stereocenters. The van der Waals surface area contributed by atoms with Gasteiger partial charge < -0.3 is 14.6 Å². The number of carbonyl (C=O) groups is 1. The van der Waals surface area contributed by atoms with Crippen molar-refractivity contribution in [1.82, 2.24) is 19.8 Å². The first-order valence-electron chi connectivity index (χ1n) is 7.67. The molecule has 0 saturated carbocycles. The third kappa shape index (κ3) is 2.38. The van der Waals surface area contributed by atoms with Gasteiger partial charge in [0.25, 0.3) is 0 Å². The second-order valence-corrected chi connectivity index (χ2v) is 6.38. The van der Waals surface area contributed by atoms with Crippen molar-refractivity contribution >= 4 is 16.9 Å². The molecule has 0 aliphatic carbocycles. The summed E-state index contributed by atoms with van der Waals surface area (Å²) in [5.41, 5.74) is 1.88. The lowest BCUT2D eigenvalue weighted by Crippen LogP contribution is -2.54. The van der Waals surface area contributed by atoms with Crippen LogP contribution in [-0.4, -0.2) is 64.6 Å². The highest BCUT2D eigenvalue weighted by Gasteiger charge is 2.44. The zero-order valence-electron chi connectivity index (χ0n) is 12.7. The van der Waals surface area contributed by atoms with Gasteiger partial charge in [0, 0.05) is 20.1 Å². The molecule has 2 saturated heterocycles. The molecule has 6 nitrogen and oxygen atoms in total. The minimum absolute atomic E-state index is 0.0707. The van der Waals surface area contributed by atoms with E-state index >= 15 is 0 Å². The molecule has 116 valence electrons. The van der Waals surface area contributed by atoms with Crippen LogP contribution in [0.25, 0.3) is 11.0 Å². The first kappa shape index (κ1) is 13.7. The van der Waals surface area contributed by atoms with Crippen molar-refractivity contribution in [3.05, 3.63) is 30.1 Å². The highest BCUT2D eigenvalue weighted by atomic mass is 16.5. The van der Waals surface area contributed by atoms with Gasteiger partial charge in [-0.25, -0.2) is 4.98 Å². The Hall–Kier alpha value is -1.92. The number of aromatic amines is 1. The van der Waals surface area contributed by atoms with E-state index in [1.54, 1.807) is 4.90 Å². The number of morpholine rings is 1. The number of ether oxygens (including phenoxy) is 1. The molecule has 0 radical (unpaired) electrons. The average Bonchev–Trinajstić information content (AvgIpc) is 3.08. The maximum atomic E-state index is 11.6. The Labute approximate surface area is 129 Å². The van der Waals surface area contributed by atoms with Crippen molar-refractivity contribution in [2.45, 2.75) is 18.6 Å². The minimum Gasteiger partial charge on any atom is -0.362 e. The predicted octanol–water partition coefficient (Wildman–Crippen LogP) is 0.996. The standard InChI is InChI=1S/C16H20N4O2/c1-19-10-16(22-9-15(19)21)6-7-20(11-16)8-14-17-12-4-2-3-5-13(12)18-14/h2-5H,6-11H2,1H3,(H,17,18)/t16-/m1/s1. The normalized spacial score (nSPS) is 26.4. The lowest BCUT2D eigenvalue weighted by atomic mass is 10.0. The number of para-hydroxylation sites is 2. The Balaban J connectivity index is 1.45. The minimum atomic E-state index is -0.200. The molecule has 1 aromatic heterocycles. The summed E-state index contributed by atoms with van der Waals surface area (Å²) in [6.45, 7) is 3.50. The van der Waals surface area contributed by atoms with Gasteiger partial charge in [-0.05, 0) is 18.6 Å². The number of amides is 1. The van der Waals surface area contributed by atoms with Crippen LogP contribution in [0.1, 0.15) is 12.2 Å². The number of nitrogens with one attached hydrogen (secondary N) is 1. The Morgan fingerprint density at radius 3 is 3.05 bits per heavy atom. The number of nitrogens with zero attached hydrogens (tertiary/aromatic N) is 3. The fourth-order valence-electron chi connectivity index (χ4n) is 3.49. The topological polar surface area (TPSA) is 61.5 Å². The van der Waals surface area contributed by atoms with Crippen molar-refractivity contribution in [2.24, 2.45) is 0 Å². The van der Waals surface area contributed by atoms with Crippen molar-refractivity contribution < 1.29 is 9.53 Å². The van der Waals surface area contributed by atoms with Gasteiger partial charge in [0.1, 0.15) is 18.0 Å². The van der Waals surface area contributed by atoms with Crippen LogP contribution < -0.4 is 0 Å². The van der Waals surface area contributed by atoms with E-state index < -0.39 is 0 Å². The monoisotopic (exact) mass is 300 g/mol. The van der Waals surface area contributed by atoms with E-state index in [9.17, 15) is 4.79 Å².